The smallest absolute Gasteiger partial charge is 0.0753 e. The first-order chi connectivity index (χ1) is 7.86. The average molecular weight is 208 g/mol. The van der Waals surface area contributed by atoms with E-state index in [0.29, 0.717) is 0 Å². The summed E-state index contributed by atoms with van der Waals surface area (Å²) in [6, 6.07) is 18.0. The van der Waals surface area contributed by atoms with Gasteiger partial charge in [0, 0.05) is 5.56 Å². The van der Waals surface area contributed by atoms with Gasteiger partial charge in [0.2, 0.25) is 0 Å². The second-order valence-electron chi connectivity index (χ2n) is 3.90. The molecule has 1 heterocycles. The lowest BCUT2D eigenvalue weighted by atomic mass is 10.00. The Labute approximate surface area is 94.4 Å². The van der Waals surface area contributed by atoms with Gasteiger partial charge in [0.25, 0.3) is 0 Å². The van der Waals surface area contributed by atoms with Gasteiger partial charge in [-0.3, -0.25) is 4.99 Å². The molecule has 1 aliphatic heterocycles. The molecule has 1 unspecified atom stereocenters. The standard InChI is InChI=1S/C14H12N2/c15-13-11-8-4-5-9-12(11)16-14(13)10-6-2-1-3-7-10/h1-9,13H,15H2. The SMILES string of the molecule is NC1C(c2ccccc2)=Nc2ccccc21. The van der Waals surface area contributed by atoms with Crippen LogP contribution in [-0.2, 0) is 0 Å². The summed E-state index contributed by atoms with van der Waals surface area (Å²) in [4.78, 5) is 4.59. The lowest BCUT2D eigenvalue weighted by Crippen LogP contribution is -2.18. The number of rotatable bonds is 1. The van der Waals surface area contributed by atoms with Gasteiger partial charge < -0.3 is 5.73 Å². The minimum Gasteiger partial charge on any atom is -0.319 e. The molecule has 0 aromatic heterocycles. The number of nitrogens with zero attached hydrogens (tertiary/aromatic N) is 1. The number of hydrogen-bond donors (Lipinski definition) is 1. The minimum atomic E-state index is -0.0985. The van der Waals surface area contributed by atoms with Crippen LogP contribution in [-0.4, -0.2) is 5.71 Å². The first-order valence-corrected chi connectivity index (χ1v) is 5.35. The maximum Gasteiger partial charge on any atom is 0.0753 e. The molecule has 0 spiro atoms. The zero-order valence-electron chi connectivity index (χ0n) is 8.80. The molecule has 3 rings (SSSR count). The van der Waals surface area contributed by atoms with Crippen LogP contribution in [0.5, 0.6) is 0 Å². The van der Waals surface area contributed by atoms with Crippen molar-refractivity contribution in [1.82, 2.24) is 0 Å². The van der Waals surface area contributed by atoms with Crippen LogP contribution in [0, 0.1) is 0 Å². The molecule has 2 N–H and O–H groups in total. The fourth-order valence-corrected chi connectivity index (χ4v) is 2.05. The zero-order chi connectivity index (χ0) is 11.0. The number of para-hydroxylation sites is 1. The van der Waals surface area contributed by atoms with E-state index in [9.17, 15) is 0 Å². The van der Waals surface area contributed by atoms with E-state index >= 15 is 0 Å². The van der Waals surface area contributed by atoms with Crippen molar-refractivity contribution in [2.45, 2.75) is 6.04 Å². The van der Waals surface area contributed by atoms with Crippen LogP contribution in [0.1, 0.15) is 17.2 Å². The quantitative estimate of drug-likeness (QED) is 0.768. The van der Waals surface area contributed by atoms with Crippen LogP contribution in [0.15, 0.2) is 59.6 Å². The third-order valence-corrected chi connectivity index (χ3v) is 2.88. The summed E-state index contributed by atoms with van der Waals surface area (Å²) < 4.78 is 0. The van der Waals surface area contributed by atoms with Crippen LogP contribution in [0.3, 0.4) is 0 Å². The number of benzene rings is 2. The van der Waals surface area contributed by atoms with Crippen LogP contribution in [0.25, 0.3) is 0 Å². The number of aliphatic imine (C=N–C) groups is 1. The summed E-state index contributed by atoms with van der Waals surface area (Å²) in [5, 5.41) is 0. The van der Waals surface area contributed by atoms with Gasteiger partial charge in [-0.2, -0.15) is 0 Å². The number of nitrogens with two attached hydrogens (primary N) is 1. The van der Waals surface area contributed by atoms with Crippen molar-refractivity contribution < 1.29 is 0 Å². The molecule has 0 saturated heterocycles. The fourth-order valence-electron chi connectivity index (χ4n) is 2.05. The van der Waals surface area contributed by atoms with Crippen LogP contribution >= 0.6 is 0 Å². The highest BCUT2D eigenvalue weighted by Crippen LogP contribution is 2.34. The van der Waals surface area contributed by atoms with E-state index < -0.39 is 0 Å². The Kier molecular flexibility index (Phi) is 2.08. The van der Waals surface area contributed by atoms with Crippen LogP contribution in [0.2, 0.25) is 0 Å². The molecule has 2 heteroatoms. The number of hydrogen-bond acceptors (Lipinski definition) is 2. The predicted molar refractivity (Wildman–Crippen MR) is 66.0 cm³/mol. The van der Waals surface area contributed by atoms with Gasteiger partial charge in [-0.25, -0.2) is 0 Å². The zero-order valence-corrected chi connectivity index (χ0v) is 8.80. The van der Waals surface area contributed by atoms with Gasteiger partial charge in [0.1, 0.15) is 0 Å². The van der Waals surface area contributed by atoms with Crippen LogP contribution in [0.4, 0.5) is 5.69 Å². The van der Waals surface area contributed by atoms with Gasteiger partial charge in [-0.15, -0.1) is 0 Å². The molecule has 0 radical (unpaired) electrons. The topological polar surface area (TPSA) is 38.4 Å². The normalized spacial score (nSPS) is 18.1. The minimum absolute atomic E-state index is 0.0985. The molecule has 16 heavy (non-hydrogen) atoms. The molecular weight excluding hydrogens is 196 g/mol. The summed E-state index contributed by atoms with van der Waals surface area (Å²) in [6.07, 6.45) is 0. The average Bonchev–Trinajstić information content (AvgIpc) is 2.69. The van der Waals surface area contributed by atoms with Crippen molar-refractivity contribution in [3.05, 3.63) is 65.7 Å². The molecule has 2 aromatic rings. The lowest BCUT2D eigenvalue weighted by Gasteiger charge is -2.08. The summed E-state index contributed by atoms with van der Waals surface area (Å²) in [7, 11) is 0. The van der Waals surface area contributed by atoms with Crippen molar-refractivity contribution in [3.63, 3.8) is 0 Å². The molecule has 0 fully saturated rings. The highest BCUT2D eigenvalue weighted by atomic mass is 14.9. The second kappa shape index (κ2) is 3.58. The van der Waals surface area contributed by atoms with E-state index in [1.165, 1.54) is 0 Å². The van der Waals surface area contributed by atoms with E-state index in [2.05, 4.69) is 4.99 Å². The lowest BCUT2D eigenvalue weighted by molar-refractivity contribution is 0.991. The molecule has 2 aromatic carbocycles. The second-order valence-corrected chi connectivity index (χ2v) is 3.90. The first-order valence-electron chi connectivity index (χ1n) is 5.35. The van der Waals surface area contributed by atoms with Crippen molar-refractivity contribution in [2.75, 3.05) is 0 Å². The summed E-state index contributed by atoms with van der Waals surface area (Å²) in [5.41, 5.74) is 10.4. The Bertz CT molecular complexity index is 544. The number of fused-ring (bicyclic) bond motifs is 1. The largest absolute Gasteiger partial charge is 0.319 e. The van der Waals surface area contributed by atoms with E-state index in [4.69, 9.17) is 5.73 Å². The predicted octanol–water partition coefficient (Wildman–Crippen LogP) is 2.82. The van der Waals surface area contributed by atoms with Crippen molar-refractivity contribution in [1.29, 1.82) is 0 Å². The molecule has 0 bridgehead atoms. The third-order valence-electron chi connectivity index (χ3n) is 2.88. The van der Waals surface area contributed by atoms with Gasteiger partial charge in [0.15, 0.2) is 0 Å². The molecule has 0 amide bonds. The highest BCUT2D eigenvalue weighted by Gasteiger charge is 2.23. The van der Waals surface area contributed by atoms with Crippen LogP contribution < -0.4 is 5.73 Å². The highest BCUT2D eigenvalue weighted by molar-refractivity contribution is 6.09. The van der Waals surface area contributed by atoms with Crippen molar-refractivity contribution >= 4 is 11.4 Å². The molecule has 1 atom stereocenters. The first kappa shape index (κ1) is 9.31. The van der Waals surface area contributed by atoms with E-state index in [-0.39, 0.29) is 6.04 Å². The van der Waals surface area contributed by atoms with Crippen molar-refractivity contribution in [2.24, 2.45) is 10.7 Å². The molecular formula is C14H12N2. The monoisotopic (exact) mass is 208 g/mol. The van der Waals surface area contributed by atoms with E-state index in [1.807, 2.05) is 54.6 Å². The van der Waals surface area contributed by atoms with E-state index in [1.54, 1.807) is 0 Å². The van der Waals surface area contributed by atoms with Crippen molar-refractivity contribution in [3.8, 4) is 0 Å². The van der Waals surface area contributed by atoms with Gasteiger partial charge in [0.05, 0.1) is 17.4 Å². The van der Waals surface area contributed by atoms with Gasteiger partial charge >= 0.3 is 0 Å². The summed E-state index contributed by atoms with van der Waals surface area (Å²) in [5.74, 6) is 0. The molecule has 1 aliphatic rings. The Balaban J connectivity index is 2.09. The van der Waals surface area contributed by atoms with Gasteiger partial charge in [-0.1, -0.05) is 48.5 Å². The molecule has 0 aliphatic carbocycles. The third kappa shape index (κ3) is 1.35. The molecule has 78 valence electrons. The molecule has 2 nitrogen and oxygen atoms in total. The molecule has 0 saturated carbocycles. The Morgan fingerprint density at radius 2 is 1.56 bits per heavy atom. The fraction of sp³-hybridized carbons (Fsp3) is 0.0714. The summed E-state index contributed by atoms with van der Waals surface area (Å²) >= 11 is 0. The Morgan fingerprint density at radius 1 is 0.875 bits per heavy atom. The Hall–Kier alpha value is -1.93. The Morgan fingerprint density at radius 3 is 2.31 bits per heavy atom. The maximum atomic E-state index is 6.19. The summed E-state index contributed by atoms with van der Waals surface area (Å²) in [6.45, 7) is 0. The van der Waals surface area contributed by atoms with E-state index in [0.717, 1.165) is 22.5 Å². The van der Waals surface area contributed by atoms with Gasteiger partial charge in [-0.05, 0) is 11.6 Å². The maximum absolute atomic E-state index is 6.19.